The van der Waals surface area contributed by atoms with Gasteiger partial charge in [-0.2, -0.15) is 0 Å². The van der Waals surface area contributed by atoms with E-state index in [9.17, 15) is 4.39 Å². The van der Waals surface area contributed by atoms with E-state index >= 15 is 0 Å². The largest absolute Gasteiger partial charge is 0.303 e. The molecule has 1 aliphatic heterocycles. The predicted molar refractivity (Wildman–Crippen MR) is 50.0 cm³/mol. The van der Waals surface area contributed by atoms with Crippen LogP contribution in [0.5, 0.6) is 0 Å². The Kier molecular flexibility index (Phi) is 2.77. The number of nitrogens with zero attached hydrogens (tertiary/aromatic N) is 1. The summed E-state index contributed by atoms with van der Waals surface area (Å²) in [6.07, 6.45) is 0.126. The van der Waals surface area contributed by atoms with Gasteiger partial charge in [0.05, 0.1) is 0 Å². The minimum absolute atomic E-state index is 0.249. The number of hydrogen-bond donors (Lipinski definition) is 0. The summed E-state index contributed by atoms with van der Waals surface area (Å²) in [5.41, 5.74) is 0.249. The first kappa shape index (κ1) is 9.97. The molecular formula is C10H20FN. The normalized spacial score (nSPS) is 33.8. The Morgan fingerprint density at radius 1 is 1.25 bits per heavy atom. The lowest BCUT2D eigenvalue weighted by molar-refractivity contribution is 0.0596. The lowest BCUT2D eigenvalue weighted by Gasteiger charge is -2.39. The van der Waals surface area contributed by atoms with Crippen molar-refractivity contribution in [3.8, 4) is 0 Å². The number of piperidine rings is 1. The van der Waals surface area contributed by atoms with E-state index in [0.29, 0.717) is 12.5 Å². The fraction of sp³-hybridized carbons (Fsp3) is 1.00. The van der Waals surface area contributed by atoms with Crippen LogP contribution in [0.3, 0.4) is 0 Å². The second-order valence-electron chi connectivity index (χ2n) is 5.12. The number of likely N-dealkylation sites (tertiary alicyclic amines) is 1. The van der Waals surface area contributed by atoms with E-state index in [-0.39, 0.29) is 5.41 Å². The van der Waals surface area contributed by atoms with Gasteiger partial charge in [0.15, 0.2) is 0 Å². The highest BCUT2D eigenvalue weighted by molar-refractivity contribution is 4.84. The van der Waals surface area contributed by atoms with E-state index in [1.165, 1.54) is 0 Å². The molecule has 1 heterocycles. The van der Waals surface area contributed by atoms with Crippen LogP contribution in [0.2, 0.25) is 0 Å². The molecule has 1 nitrogen and oxygen atoms in total. The molecule has 0 amide bonds. The highest BCUT2D eigenvalue weighted by Crippen LogP contribution is 2.33. The summed E-state index contributed by atoms with van der Waals surface area (Å²) in [5, 5.41) is 0. The molecule has 0 saturated carbocycles. The molecule has 0 aromatic heterocycles. The SMILES string of the molecule is CN1CC(F)CC(C(C)(C)C)C1. The molecule has 0 aromatic carbocycles. The standard InChI is InChI=1S/C10H20FN/c1-10(2,3)8-5-9(11)7-12(4)6-8/h8-9H,5-7H2,1-4H3. The number of rotatable bonds is 0. The lowest BCUT2D eigenvalue weighted by Crippen LogP contribution is -2.43. The van der Waals surface area contributed by atoms with E-state index in [4.69, 9.17) is 0 Å². The summed E-state index contributed by atoms with van der Waals surface area (Å²) < 4.78 is 13.2. The van der Waals surface area contributed by atoms with Crippen molar-refractivity contribution in [2.45, 2.75) is 33.4 Å². The molecule has 1 rings (SSSR count). The van der Waals surface area contributed by atoms with E-state index in [2.05, 4.69) is 25.7 Å². The molecule has 0 N–H and O–H groups in total. The molecule has 1 aliphatic rings. The second-order valence-corrected chi connectivity index (χ2v) is 5.12. The van der Waals surface area contributed by atoms with Crippen LogP contribution in [0.1, 0.15) is 27.2 Å². The Morgan fingerprint density at radius 3 is 2.25 bits per heavy atom. The molecule has 1 fully saturated rings. The van der Waals surface area contributed by atoms with Gasteiger partial charge in [-0.15, -0.1) is 0 Å². The molecule has 0 spiro atoms. The van der Waals surface area contributed by atoms with Crippen LogP contribution in [0, 0.1) is 11.3 Å². The fourth-order valence-electron chi connectivity index (χ4n) is 1.87. The molecule has 0 radical (unpaired) electrons. The van der Waals surface area contributed by atoms with Gasteiger partial charge in [-0.3, -0.25) is 0 Å². The van der Waals surface area contributed by atoms with E-state index in [0.717, 1.165) is 13.0 Å². The topological polar surface area (TPSA) is 3.24 Å². The Labute approximate surface area is 74.9 Å². The Balaban J connectivity index is 2.55. The van der Waals surface area contributed by atoms with Gasteiger partial charge in [-0.1, -0.05) is 20.8 Å². The zero-order valence-electron chi connectivity index (χ0n) is 8.60. The lowest BCUT2D eigenvalue weighted by atomic mass is 9.76. The molecule has 1 saturated heterocycles. The number of halogens is 1. The van der Waals surface area contributed by atoms with Crippen LogP contribution in [-0.2, 0) is 0 Å². The smallest absolute Gasteiger partial charge is 0.113 e. The average Bonchev–Trinajstić information content (AvgIpc) is 1.82. The van der Waals surface area contributed by atoms with Crippen LogP contribution in [0.15, 0.2) is 0 Å². The predicted octanol–water partition coefficient (Wildman–Crippen LogP) is 2.32. The zero-order chi connectivity index (χ0) is 9.35. The maximum atomic E-state index is 13.2. The van der Waals surface area contributed by atoms with E-state index < -0.39 is 6.17 Å². The van der Waals surface area contributed by atoms with Gasteiger partial charge in [0.25, 0.3) is 0 Å². The highest BCUT2D eigenvalue weighted by Gasteiger charge is 2.32. The third kappa shape index (κ3) is 2.44. The Bertz CT molecular complexity index is 140. The number of alkyl halides is 1. The molecule has 12 heavy (non-hydrogen) atoms. The monoisotopic (exact) mass is 173 g/mol. The fourth-order valence-corrected chi connectivity index (χ4v) is 1.87. The summed E-state index contributed by atoms with van der Waals surface area (Å²) in [7, 11) is 2.00. The molecular weight excluding hydrogens is 153 g/mol. The highest BCUT2D eigenvalue weighted by atomic mass is 19.1. The zero-order valence-corrected chi connectivity index (χ0v) is 8.60. The summed E-state index contributed by atoms with van der Waals surface area (Å²) >= 11 is 0. The van der Waals surface area contributed by atoms with Crippen molar-refractivity contribution in [1.29, 1.82) is 0 Å². The van der Waals surface area contributed by atoms with E-state index in [1.54, 1.807) is 0 Å². The van der Waals surface area contributed by atoms with Gasteiger partial charge in [0, 0.05) is 13.1 Å². The summed E-state index contributed by atoms with van der Waals surface area (Å²) in [6.45, 7) is 8.26. The molecule has 2 heteroatoms. The van der Waals surface area contributed by atoms with Crippen molar-refractivity contribution >= 4 is 0 Å². The maximum absolute atomic E-state index is 13.2. The van der Waals surface area contributed by atoms with Gasteiger partial charge in [0.2, 0.25) is 0 Å². The maximum Gasteiger partial charge on any atom is 0.113 e. The minimum atomic E-state index is -0.618. The van der Waals surface area contributed by atoms with Gasteiger partial charge < -0.3 is 4.90 Å². The van der Waals surface area contributed by atoms with Crippen LogP contribution in [0.25, 0.3) is 0 Å². The van der Waals surface area contributed by atoms with Crippen molar-refractivity contribution in [1.82, 2.24) is 4.90 Å². The third-order valence-electron chi connectivity index (χ3n) is 2.81. The Morgan fingerprint density at radius 2 is 1.83 bits per heavy atom. The second kappa shape index (κ2) is 3.33. The summed E-state index contributed by atoms with van der Waals surface area (Å²) in [4.78, 5) is 2.10. The van der Waals surface area contributed by atoms with Crippen molar-refractivity contribution < 1.29 is 4.39 Å². The molecule has 0 bridgehead atoms. The van der Waals surface area contributed by atoms with Crippen LogP contribution >= 0.6 is 0 Å². The van der Waals surface area contributed by atoms with Crippen molar-refractivity contribution in [2.24, 2.45) is 11.3 Å². The van der Waals surface area contributed by atoms with Crippen molar-refractivity contribution in [3.05, 3.63) is 0 Å². The summed E-state index contributed by atoms with van der Waals surface area (Å²) in [5.74, 6) is 0.506. The van der Waals surface area contributed by atoms with Gasteiger partial charge in [-0.25, -0.2) is 4.39 Å². The quantitative estimate of drug-likeness (QED) is 0.543. The van der Waals surface area contributed by atoms with Crippen LogP contribution < -0.4 is 0 Å². The van der Waals surface area contributed by atoms with Crippen LogP contribution in [-0.4, -0.2) is 31.2 Å². The Hall–Kier alpha value is -0.110. The molecule has 2 unspecified atom stereocenters. The third-order valence-corrected chi connectivity index (χ3v) is 2.81. The minimum Gasteiger partial charge on any atom is -0.303 e. The van der Waals surface area contributed by atoms with Crippen LogP contribution in [0.4, 0.5) is 4.39 Å². The first-order valence-electron chi connectivity index (χ1n) is 4.72. The number of hydrogen-bond acceptors (Lipinski definition) is 1. The first-order chi connectivity index (χ1) is 5.39. The summed E-state index contributed by atoms with van der Waals surface area (Å²) in [6, 6.07) is 0. The van der Waals surface area contributed by atoms with Crippen molar-refractivity contribution in [3.63, 3.8) is 0 Å². The van der Waals surface area contributed by atoms with Gasteiger partial charge in [0.1, 0.15) is 6.17 Å². The van der Waals surface area contributed by atoms with Gasteiger partial charge in [-0.05, 0) is 24.8 Å². The van der Waals surface area contributed by atoms with Crippen molar-refractivity contribution in [2.75, 3.05) is 20.1 Å². The molecule has 2 atom stereocenters. The average molecular weight is 173 g/mol. The van der Waals surface area contributed by atoms with Gasteiger partial charge >= 0.3 is 0 Å². The molecule has 0 aromatic rings. The molecule has 0 aliphatic carbocycles. The van der Waals surface area contributed by atoms with E-state index in [1.807, 2.05) is 7.05 Å². The molecule has 72 valence electrons. The first-order valence-corrected chi connectivity index (χ1v) is 4.72.